The summed E-state index contributed by atoms with van der Waals surface area (Å²) < 4.78 is 1.52. The summed E-state index contributed by atoms with van der Waals surface area (Å²) in [6, 6.07) is 10.2. The number of nitrogens with one attached hydrogen (secondary N) is 1. The standard InChI is InChI=1S/C15H12N4O2S/c16-7-10-2-1-3-12(6-10)18-14(21)11-8-19-13(20)4-5-17-15(19)22-9-11/h1-6,11H,8-9H2,(H,18,21). The van der Waals surface area contributed by atoms with Crippen molar-refractivity contribution in [3.8, 4) is 6.07 Å². The summed E-state index contributed by atoms with van der Waals surface area (Å²) in [5, 5.41) is 12.3. The van der Waals surface area contributed by atoms with Crippen molar-refractivity contribution in [2.24, 2.45) is 5.92 Å². The third-order valence-corrected chi connectivity index (χ3v) is 4.50. The number of carbonyl (C=O) groups is 1. The Kier molecular flexibility index (Phi) is 3.94. The maximum atomic E-state index is 12.3. The van der Waals surface area contributed by atoms with Crippen molar-refractivity contribution in [3.63, 3.8) is 0 Å². The van der Waals surface area contributed by atoms with Gasteiger partial charge in [-0.1, -0.05) is 17.8 Å². The van der Waals surface area contributed by atoms with Gasteiger partial charge in [-0.25, -0.2) is 4.98 Å². The van der Waals surface area contributed by atoms with Crippen molar-refractivity contribution >= 4 is 23.4 Å². The van der Waals surface area contributed by atoms with E-state index in [1.807, 2.05) is 6.07 Å². The van der Waals surface area contributed by atoms with Gasteiger partial charge in [0.1, 0.15) is 0 Å². The van der Waals surface area contributed by atoms with Crippen molar-refractivity contribution in [2.45, 2.75) is 11.7 Å². The average molecular weight is 312 g/mol. The number of anilines is 1. The number of carbonyl (C=O) groups excluding carboxylic acids is 1. The fraction of sp³-hybridized carbons (Fsp3) is 0.200. The largest absolute Gasteiger partial charge is 0.326 e. The van der Waals surface area contributed by atoms with E-state index in [4.69, 9.17) is 5.26 Å². The lowest BCUT2D eigenvalue weighted by Gasteiger charge is -2.23. The number of fused-ring (bicyclic) bond motifs is 1. The average Bonchev–Trinajstić information content (AvgIpc) is 2.55. The van der Waals surface area contributed by atoms with E-state index in [9.17, 15) is 9.59 Å². The molecule has 2 aromatic rings. The molecule has 0 saturated carbocycles. The van der Waals surface area contributed by atoms with E-state index in [0.29, 0.717) is 28.7 Å². The van der Waals surface area contributed by atoms with Gasteiger partial charge in [0, 0.05) is 30.2 Å². The number of hydrogen-bond donors (Lipinski definition) is 1. The number of benzene rings is 1. The van der Waals surface area contributed by atoms with E-state index in [0.717, 1.165) is 0 Å². The molecule has 1 aliphatic rings. The van der Waals surface area contributed by atoms with Gasteiger partial charge in [0.2, 0.25) is 5.91 Å². The second-order valence-corrected chi connectivity index (χ2v) is 5.85. The Morgan fingerprint density at radius 3 is 3.14 bits per heavy atom. The minimum absolute atomic E-state index is 0.151. The fourth-order valence-corrected chi connectivity index (χ4v) is 3.28. The molecule has 7 heteroatoms. The van der Waals surface area contributed by atoms with E-state index in [-0.39, 0.29) is 17.4 Å². The molecule has 1 atom stereocenters. The number of hydrogen-bond acceptors (Lipinski definition) is 5. The van der Waals surface area contributed by atoms with E-state index in [2.05, 4.69) is 10.3 Å². The molecule has 0 radical (unpaired) electrons. The van der Waals surface area contributed by atoms with E-state index < -0.39 is 0 Å². The third kappa shape index (κ3) is 2.87. The molecule has 3 rings (SSSR count). The van der Waals surface area contributed by atoms with Crippen LogP contribution in [-0.2, 0) is 11.3 Å². The molecule has 0 bridgehead atoms. The minimum atomic E-state index is -0.315. The molecule has 1 N–H and O–H groups in total. The van der Waals surface area contributed by atoms with E-state index >= 15 is 0 Å². The molecule has 0 fully saturated rings. The summed E-state index contributed by atoms with van der Waals surface area (Å²) in [7, 11) is 0. The number of amides is 1. The molecular formula is C15H12N4O2S. The SMILES string of the molecule is N#Cc1cccc(NC(=O)C2CSc3nccc(=O)n3C2)c1. The number of nitrogens with zero attached hydrogens (tertiary/aromatic N) is 3. The van der Waals surface area contributed by atoms with Crippen molar-refractivity contribution in [3.05, 3.63) is 52.4 Å². The lowest BCUT2D eigenvalue weighted by molar-refractivity contribution is -0.119. The van der Waals surface area contributed by atoms with Crippen LogP contribution in [0.15, 0.2) is 46.5 Å². The van der Waals surface area contributed by atoms with Gasteiger partial charge >= 0.3 is 0 Å². The number of thioether (sulfide) groups is 1. The first-order chi connectivity index (χ1) is 10.7. The molecule has 110 valence electrons. The first kappa shape index (κ1) is 14.4. The summed E-state index contributed by atoms with van der Waals surface area (Å²) in [4.78, 5) is 28.3. The van der Waals surface area contributed by atoms with Gasteiger partial charge < -0.3 is 5.32 Å². The first-order valence-corrected chi connectivity index (χ1v) is 7.65. The molecule has 0 aliphatic carbocycles. The van der Waals surface area contributed by atoms with Crippen molar-refractivity contribution in [2.75, 3.05) is 11.1 Å². The molecule has 2 heterocycles. The van der Waals surface area contributed by atoms with Gasteiger partial charge in [0.25, 0.3) is 5.56 Å². The highest BCUT2D eigenvalue weighted by Gasteiger charge is 2.26. The predicted molar refractivity (Wildman–Crippen MR) is 82.5 cm³/mol. The first-order valence-electron chi connectivity index (χ1n) is 6.67. The van der Waals surface area contributed by atoms with Gasteiger partial charge in [-0.15, -0.1) is 0 Å². The minimum Gasteiger partial charge on any atom is -0.326 e. The summed E-state index contributed by atoms with van der Waals surface area (Å²) in [5.41, 5.74) is 0.918. The molecule has 6 nitrogen and oxygen atoms in total. The molecular weight excluding hydrogens is 300 g/mol. The topological polar surface area (TPSA) is 87.8 Å². The Labute approximate surface area is 130 Å². The van der Waals surface area contributed by atoms with Gasteiger partial charge in [-0.2, -0.15) is 5.26 Å². The fourth-order valence-electron chi connectivity index (χ4n) is 2.22. The zero-order valence-corrected chi connectivity index (χ0v) is 12.3. The van der Waals surface area contributed by atoms with Crippen LogP contribution in [0.3, 0.4) is 0 Å². The highest BCUT2D eigenvalue weighted by atomic mass is 32.2. The molecule has 1 aliphatic heterocycles. The lowest BCUT2D eigenvalue weighted by Crippen LogP contribution is -2.36. The van der Waals surface area contributed by atoms with Crippen molar-refractivity contribution in [1.29, 1.82) is 5.26 Å². The molecule has 0 spiro atoms. The van der Waals surface area contributed by atoms with Crippen LogP contribution >= 0.6 is 11.8 Å². The monoisotopic (exact) mass is 312 g/mol. The van der Waals surface area contributed by atoms with Crippen LogP contribution in [0.1, 0.15) is 5.56 Å². The highest BCUT2D eigenvalue weighted by Crippen LogP contribution is 2.25. The van der Waals surface area contributed by atoms with Crippen LogP contribution in [0.4, 0.5) is 5.69 Å². The number of nitriles is 1. The van der Waals surface area contributed by atoms with Gasteiger partial charge in [-0.3, -0.25) is 14.2 Å². The maximum Gasteiger partial charge on any atom is 0.254 e. The van der Waals surface area contributed by atoms with Crippen LogP contribution in [0.25, 0.3) is 0 Å². The van der Waals surface area contributed by atoms with Crippen molar-refractivity contribution in [1.82, 2.24) is 9.55 Å². The Hall–Kier alpha value is -2.59. The number of aromatic nitrogens is 2. The van der Waals surface area contributed by atoms with Crippen LogP contribution in [-0.4, -0.2) is 21.2 Å². The van der Waals surface area contributed by atoms with E-state index in [1.54, 1.807) is 24.3 Å². The summed E-state index contributed by atoms with van der Waals surface area (Å²) in [5.74, 6) is 0.0920. The summed E-state index contributed by atoms with van der Waals surface area (Å²) in [6.45, 7) is 0.318. The lowest BCUT2D eigenvalue weighted by atomic mass is 10.1. The maximum absolute atomic E-state index is 12.3. The second-order valence-electron chi connectivity index (χ2n) is 4.87. The predicted octanol–water partition coefficient (Wildman–Crippen LogP) is 1.48. The molecule has 1 unspecified atom stereocenters. The Morgan fingerprint density at radius 2 is 2.32 bits per heavy atom. The van der Waals surface area contributed by atoms with Gasteiger partial charge in [-0.05, 0) is 18.2 Å². The van der Waals surface area contributed by atoms with Gasteiger partial charge in [0.15, 0.2) is 5.16 Å². The van der Waals surface area contributed by atoms with Crippen molar-refractivity contribution < 1.29 is 4.79 Å². The quantitative estimate of drug-likeness (QED) is 0.849. The Balaban J connectivity index is 1.75. The molecule has 1 amide bonds. The third-order valence-electron chi connectivity index (χ3n) is 3.35. The molecule has 22 heavy (non-hydrogen) atoms. The molecule has 1 aromatic carbocycles. The smallest absolute Gasteiger partial charge is 0.254 e. The van der Waals surface area contributed by atoms with Crippen LogP contribution < -0.4 is 10.9 Å². The molecule has 0 saturated heterocycles. The Morgan fingerprint density at radius 1 is 1.45 bits per heavy atom. The van der Waals surface area contributed by atoms with Crippen LogP contribution in [0.2, 0.25) is 0 Å². The van der Waals surface area contributed by atoms with Gasteiger partial charge in [0.05, 0.1) is 17.6 Å². The zero-order chi connectivity index (χ0) is 15.5. The van der Waals surface area contributed by atoms with Crippen LogP contribution in [0.5, 0.6) is 0 Å². The summed E-state index contributed by atoms with van der Waals surface area (Å²) in [6.07, 6.45) is 1.48. The second kappa shape index (κ2) is 6.03. The zero-order valence-electron chi connectivity index (χ0n) is 11.5. The van der Waals surface area contributed by atoms with Crippen LogP contribution in [0, 0.1) is 17.2 Å². The van der Waals surface area contributed by atoms with E-state index in [1.165, 1.54) is 28.6 Å². The highest BCUT2D eigenvalue weighted by molar-refractivity contribution is 7.99. The Bertz CT molecular complexity index is 825. The summed E-state index contributed by atoms with van der Waals surface area (Å²) >= 11 is 1.40. The normalized spacial score (nSPS) is 16.4. The number of rotatable bonds is 2. The molecule has 1 aromatic heterocycles.